The van der Waals surface area contributed by atoms with Crippen molar-refractivity contribution in [2.45, 2.75) is 39.7 Å². The fourth-order valence-electron chi connectivity index (χ4n) is 3.12. The van der Waals surface area contributed by atoms with E-state index in [2.05, 4.69) is 10.3 Å². The fraction of sp³-hybridized carbons (Fsp3) is 0.269. The highest BCUT2D eigenvalue weighted by Gasteiger charge is 2.19. The van der Waals surface area contributed by atoms with Crippen LogP contribution in [0.15, 0.2) is 54.7 Å². The largest absolute Gasteiger partial charge is 0.462 e. The van der Waals surface area contributed by atoms with E-state index >= 15 is 0 Å². The van der Waals surface area contributed by atoms with Gasteiger partial charge >= 0.3 is 5.97 Å². The van der Waals surface area contributed by atoms with E-state index in [1.807, 2.05) is 20.8 Å². The second-order valence-electron chi connectivity index (χ2n) is 7.83. The summed E-state index contributed by atoms with van der Waals surface area (Å²) in [6.45, 7) is 6.13. The summed E-state index contributed by atoms with van der Waals surface area (Å²) in [6.07, 6.45) is 3.20. The van der Waals surface area contributed by atoms with Gasteiger partial charge in [0.1, 0.15) is 11.3 Å². The van der Waals surface area contributed by atoms with E-state index < -0.39 is 5.91 Å². The smallest absolute Gasteiger partial charge is 0.338 e. The lowest BCUT2D eigenvalue weighted by Gasteiger charge is -2.16. The second kappa shape index (κ2) is 11.9. The number of pyridine rings is 1. The molecule has 8 heteroatoms. The number of halogens is 2. The molecule has 0 aliphatic rings. The topological polar surface area (TPSA) is 77.5 Å². The minimum atomic E-state index is -0.397. The number of benzene rings is 2. The van der Waals surface area contributed by atoms with Gasteiger partial charge in [-0.1, -0.05) is 48.7 Å². The van der Waals surface area contributed by atoms with E-state index in [1.165, 1.54) is 12.3 Å². The third kappa shape index (κ3) is 6.72. The molecule has 6 nitrogen and oxygen atoms in total. The van der Waals surface area contributed by atoms with E-state index in [9.17, 15) is 9.59 Å². The predicted molar refractivity (Wildman–Crippen MR) is 133 cm³/mol. The van der Waals surface area contributed by atoms with Crippen LogP contribution in [0.25, 0.3) is 0 Å². The molecule has 34 heavy (non-hydrogen) atoms. The van der Waals surface area contributed by atoms with Crippen LogP contribution < -0.4 is 10.1 Å². The van der Waals surface area contributed by atoms with Crippen molar-refractivity contribution < 1.29 is 19.1 Å². The molecule has 0 fully saturated rings. The molecule has 0 saturated heterocycles. The molecule has 3 rings (SSSR count). The van der Waals surface area contributed by atoms with Gasteiger partial charge in [-0.2, -0.15) is 0 Å². The standard InChI is InChI=1S/C26H26Cl2N2O4/c1-4-5-12-33-26(32)19-8-6-18(7-9-19)17(3)30-24(31)22-14-20(27)15-29-25(22)34-21-10-11-23(28)16(2)13-21/h6-11,13-15,17H,4-5,12H2,1-3H3,(H,30,31)/t17-/m0/s1. The Morgan fingerprint density at radius 2 is 1.82 bits per heavy atom. The highest BCUT2D eigenvalue weighted by Crippen LogP contribution is 2.28. The summed E-state index contributed by atoms with van der Waals surface area (Å²) < 4.78 is 11.1. The van der Waals surface area contributed by atoms with Crippen molar-refractivity contribution in [3.05, 3.63) is 87.0 Å². The molecule has 0 unspecified atom stereocenters. The van der Waals surface area contributed by atoms with E-state index in [4.69, 9.17) is 32.7 Å². The molecule has 1 aromatic heterocycles. The molecule has 0 aliphatic heterocycles. The number of amides is 1. The first kappa shape index (κ1) is 25.5. The zero-order valence-corrected chi connectivity index (χ0v) is 20.7. The highest BCUT2D eigenvalue weighted by atomic mass is 35.5. The number of hydrogen-bond donors (Lipinski definition) is 1. The summed E-state index contributed by atoms with van der Waals surface area (Å²) in [7, 11) is 0. The Labute approximate surface area is 209 Å². The second-order valence-corrected chi connectivity index (χ2v) is 8.67. The maximum Gasteiger partial charge on any atom is 0.338 e. The molecular weight excluding hydrogens is 475 g/mol. The summed E-state index contributed by atoms with van der Waals surface area (Å²) in [4.78, 5) is 29.3. The van der Waals surface area contributed by atoms with Crippen LogP contribution in [0.2, 0.25) is 10.0 Å². The number of aryl methyl sites for hydroxylation is 1. The molecule has 0 saturated carbocycles. The monoisotopic (exact) mass is 500 g/mol. The first-order chi connectivity index (χ1) is 16.3. The van der Waals surface area contributed by atoms with Gasteiger partial charge in [-0.05, 0) is 67.8 Å². The number of nitrogens with one attached hydrogen (secondary N) is 1. The van der Waals surface area contributed by atoms with Crippen LogP contribution in [-0.2, 0) is 4.74 Å². The fourth-order valence-corrected chi connectivity index (χ4v) is 3.40. The van der Waals surface area contributed by atoms with Crippen molar-refractivity contribution in [1.82, 2.24) is 10.3 Å². The molecule has 0 radical (unpaired) electrons. The van der Waals surface area contributed by atoms with Crippen LogP contribution in [0.1, 0.15) is 64.6 Å². The third-order valence-electron chi connectivity index (χ3n) is 5.13. The summed E-state index contributed by atoms with van der Waals surface area (Å²) >= 11 is 12.2. The van der Waals surface area contributed by atoms with Crippen molar-refractivity contribution >= 4 is 35.1 Å². The third-order valence-corrected chi connectivity index (χ3v) is 5.76. The number of carbonyl (C=O) groups excluding carboxylic acids is 2. The summed E-state index contributed by atoms with van der Waals surface area (Å²) in [6, 6.07) is 13.3. The van der Waals surface area contributed by atoms with Crippen molar-refractivity contribution in [3.8, 4) is 11.6 Å². The molecule has 1 amide bonds. The number of esters is 1. The van der Waals surface area contributed by atoms with Gasteiger partial charge in [0, 0.05) is 11.2 Å². The Balaban J connectivity index is 1.71. The molecular formula is C26H26Cl2N2O4. The number of nitrogens with zero attached hydrogens (tertiary/aromatic N) is 1. The minimum absolute atomic E-state index is 0.126. The molecule has 178 valence electrons. The number of unbranched alkanes of at least 4 members (excludes halogenated alkanes) is 1. The molecule has 0 spiro atoms. The van der Waals surface area contributed by atoms with Crippen molar-refractivity contribution in [2.75, 3.05) is 6.61 Å². The Morgan fingerprint density at radius 1 is 1.09 bits per heavy atom. The number of ether oxygens (including phenoxy) is 2. The van der Waals surface area contributed by atoms with Gasteiger partial charge in [0.25, 0.3) is 5.91 Å². The molecule has 0 aliphatic carbocycles. The van der Waals surface area contributed by atoms with E-state index in [0.717, 1.165) is 24.0 Å². The number of rotatable bonds is 9. The summed E-state index contributed by atoms with van der Waals surface area (Å²) in [5.74, 6) is -0.131. The molecule has 1 atom stereocenters. The average Bonchev–Trinajstić information content (AvgIpc) is 2.82. The van der Waals surface area contributed by atoms with Crippen molar-refractivity contribution in [2.24, 2.45) is 0 Å². The predicted octanol–water partition coefficient (Wildman–Crippen LogP) is 6.94. The molecule has 0 bridgehead atoms. The minimum Gasteiger partial charge on any atom is -0.462 e. The lowest BCUT2D eigenvalue weighted by Crippen LogP contribution is -2.27. The van der Waals surface area contributed by atoms with Crippen LogP contribution >= 0.6 is 23.2 Å². The van der Waals surface area contributed by atoms with Crippen LogP contribution in [0, 0.1) is 6.92 Å². The first-order valence-electron chi connectivity index (χ1n) is 11.0. The van der Waals surface area contributed by atoms with Crippen LogP contribution in [0.4, 0.5) is 0 Å². The van der Waals surface area contributed by atoms with Gasteiger partial charge in [0.05, 0.1) is 23.2 Å². The maximum atomic E-state index is 13.0. The molecule has 3 aromatic rings. The number of hydrogen-bond acceptors (Lipinski definition) is 5. The molecule has 2 aromatic carbocycles. The van der Waals surface area contributed by atoms with Crippen molar-refractivity contribution in [1.29, 1.82) is 0 Å². The average molecular weight is 501 g/mol. The van der Waals surface area contributed by atoms with Gasteiger partial charge in [0.15, 0.2) is 0 Å². The quantitative estimate of drug-likeness (QED) is 0.254. The molecule has 1 heterocycles. The van der Waals surface area contributed by atoms with Crippen LogP contribution in [0.3, 0.4) is 0 Å². The Bertz CT molecular complexity index is 1170. The Hall–Kier alpha value is -3.09. The van der Waals surface area contributed by atoms with Crippen molar-refractivity contribution in [3.63, 3.8) is 0 Å². The van der Waals surface area contributed by atoms with Gasteiger partial charge in [0.2, 0.25) is 5.88 Å². The van der Waals surface area contributed by atoms with E-state index in [-0.39, 0.29) is 23.5 Å². The summed E-state index contributed by atoms with van der Waals surface area (Å²) in [5, 5.41) is 3.85. The van der Waals surface area contributed by atoms with Crippen LogP contribution in [-0.4, -0.2) is 23.5 Å². The number of carbonyl (C=O) groups is 2. The normalized spacial score (nSPS) is 11.6. The number of aromatic nitrogens is 1. The zero-order chi connectivity index (χ0) is 24.7. The Kier molecular flexibility index (Phi) is 8.91. The lowest BCUT2D eigenvalue weighted by atomic mass is 10.1. The first-order valence-corrected chi connectivity index (χ1v) is 11.7. The summed E-state index contributed by atoms with van der Waals surface area (Å²) in [5.41, 5.74) is 2.32. The molecule has 1 N–H and O–H groups in total. The maximum absolute atomic E-state index is 13.0. The van der Waals surface area contributed by atoms with Gasteiger partial charge in [-0.15, -0.1) is 0 Å². The highest BCUT2D eigenvalue weighted by molar-refractivity contribution is 6.31. The zero-order valence-electron chi connectivity index (χ0n) is 19.2. The van der Waals surface area contributed by atoms with E-state index in [1.54, 1.807) is 42.5 Å². The van der Waals surface area contributed by atoms with Crippen LogP contribution in [0.5, 0.6) is 11.6 Å². The SMILES string of the molecule is CCCCOC(=O)c1ccc([C@H](C)NC(=O)c2cc(Cl)cnc2Oc2ccc(Cl)c(C)c2)cc1. The van der Waals surface area contributed by atoms with Gasteiger partial charge in [-0.25, -0.2) is 9.78 Å². The lowest BCUT2D eigenvalue weighted by molar-refractivity contribution is 0.0499. The van der Waals surface area contributed by atoms with Gasteiger partial charge in [-0.3, -0.25) is 4.79 Å². The van der Waals surface area contributed by atoms with Gasteiger partial charge < -0.3 is 14.8 Å². The Morgan fingerprint density at radius 3 is 2.50 bits per heavy atom. The van der Waals surface area contributed by atoms with E-state index in [0.29, 0.717) is 28.0 Å².